The van der Waals surface area contributed by atoms with Crippen LogP contribution in [0.3, 0.4) is 0 Å². The number of carbonyl (C=O) groups is 1. The summed E-state index contributed by atoms with van der Waals surface area (Å²) in [4.78, 5) is 14.3. The van der Waals surface area contributed by atoms with Crippen LogP contribution in [0.4, 0.5) is 0 Å². The summed E-state index contributed by atoms with van der Waals surface area (Å²) in [7, 11) is 0. The molecule has 20 heavy (non-hydrogen) atoms. The molecule has 0 spiro atoms. The van der Waals surface area contributed by atoms with Crippen LogP contribution in [0.5, 0.6) is 0 Å². The lowest BCUT2D eigenvalue weighted by molar-refractivity contribution is -0.132. The number of benzene rings is 1. The number of hydrogen-bond acceptors (Lipinski definition) is 2. The molecule has 0 aliphatic carbocycles. The molecule has 1 aliphatic heterocycles. The molecule has 0 radical (unpaired) electrons. The Morgan fingerprint density at radius 3 is 2.60 bits per heavy atom. The first-order chi connectivity index (χ1) is 9.79. The van der Waals surface area contributed by atoms with Gasteiger partial charge >= 0.3 is 0 Å². The van der Waals surface area contributed by atoms with Crippen LogP contribution in [0.1, 0.15) is 38.2 Å². The number of nitrogens with zero attached hydrogens (tertiary/aromatic N) is 1. The fourth-order valence-electron chi connectivity index (χ4n) is 2.84. The molecular weight excluding hydrogens is 248 g/mol. The third-order valence-electron chi connectivity index (χ3n) is 4.18. The highest BCUT2D eigenvalue weighted by Gasteiger charge is 2.17. The fraction of sp³-hybridized carbons (Fsp3) is 0.588. The van der Waals surface area contributed by atoms with E-state index in [2.05, 4.69) is 24.4 Å². The molecule has 1 aromatic carbocycles. The summed E-state index contributed by atoms with van der Waals surface area (Å²) < 4.78 is 0. The molecule has 1 aliphatic rings. The van der Waals surface area contributed by atoms with Gasteiger partial charge in [0.1, 0.15) is 0 Å². The second-order valence-corrected chi connectivity index (χ2v) is 5.63. The molecule has 1 saturated heterocycles. The monoisotopic (exact) mass is 274 g/mol. The van der Waals surface area contributed by atoms with E-state index in [9.17, 15) is 4.79 Å². The van der Waals surface area contributed by atoms with E-state index in [0.29, 0.717) is 12.3 Å². The summed E-state index contributed by atoms with van der Waals surface area (Å²) >= 11 is 0. The van der Waals surface area contributed by atoms with Gasteiger partial charge in [0, 0.05) is 19.5 Å². The fourth-order valence-corrected chi connectivity index (χ4v) is 2.84. The minimum Gasteiger partial charge on any atom is -0.339 e. The Kier molecular flexibility index (Phi) is 6.06. The van der Waals surface area contributed by atoms with Crippen molar-refractivity contribution in [2.24, 2.45) is 5.92 Å². The van der Waals surface area contributed by atoms with Crippen LogP contribution >= 0.6 is 0 Å². The van der Waals surface area contributed by atoms with E-state index in [1.165, 1.54) is 18.4 Å². The standard InChI is InChI=1S/C17H26N2O/c1-2-19(14-16-6-4-3-5-7-16)17(20)9-8-15-10-12-18-13-11-15/h3-7,15,18H,2,8-14H2,1H3. The van der Waals surface area contributed by atoms with Crippen molar-refractivity contribution in [3.63, 3.8) is 0 Å². The van der Waals surface area contributed by atoms with Crippen molar-refractivity contribution >= 4 is 5.91 Å². The van der Waals surface area contributed by atoms with E-state index in [-0.39, 0.29) is 0 Å². The van der Waals surface area contributed by atoms with Gasteiger partial charge in [-0.15, -0.1) is 0 Å². The lowest BCUT2D eigenvalue weighted by Crippen LogP contribution is -2.32. The first-order valence-corrected chi connectivity index (χ1v) is 7.82. The first kappa shape index (κ1) is 15.0. The zero-order valence-electron chi connectivity index (χ0n) is 12.5. The number of piperidine rings is 1. The second kappa shape index (κ2) is 8.05. The molecule has 0 aromatic heterocycles. The summed E-state index contributed by atoms with van der Waals surface area (Å²) in [6.07, 6.45) is 4.19. The molecule has 0 saturated carbocycles. The molecule has 1 heterocycles. The molecule has 110 valence electrons. The predicted molar refractivity (Wildman–Crippen MR) is 82.4 cm³/mol. The van der Waals surface area contributed by atoms with Gasteiger partial charge in [-0.05, 0) is 50.8 Å². The molecule has 0 bridgehead atoms. The largest absolute Gasteiger partial charge is 0.339 e. The van der Waals surface area contributed by atoms with Crippen molar-refractivity contribution < 1.29 is 4.79 Å². The Bertz CT molecular complexity index is 399. The minimum absolute atomic E-state index is 0.301. The number of amides is 1. The van der Waals surface area contributed by atoms with Gasteiger partial charge < -0.3 is 10.2 Å². The summed E-state index contributed by atoms with van der Waals surface area (Å²) in [6, 6.07) is 10.2. The highest BCUT2D eigenvalue weighted by Crippen LogP contribution is 2.18. The van der Waals surface area contributed by atoms with Gasteiger partial charge in [0.2, 0.25) is 5.91 Å². The third kappa shape index (κ3) is 4.64. The Morgan fingerprint density at radius 1 is 1.25 bits per heavy atom. The normalized spacial score (nSPS) is 16.1. The maximum Gasteiger partial charge on any atom is 0.222 e. The Balaban J connectivity index is 1.79. The number of nitrogens with one attached hydrogen (secondary N) is 1. The predicted octanol–water partition coefficient (Wildman–Crippen LogP) is 2.81. The lowest BCUT2D eigenvalue weighted by atomic mass is 9.93. The SMILES string of the molecule is CCN(Cc1ccccc1)C(=O)CCC1CCNCC1. The van der Waals surface area contributed by atoms with E-state index >= 15 is 0 Å². The van der Waals surface area contributed by atoms with Crippen LogP contribution in [0.2, 0.25) is 0 Å². The molecule has 3 heteroatoms. The van der Waals surface area contributed by atoms with Crippen molar-refractivity contribution in [2.75, 3.05) is 19.6 Å². The molecule has 3 nitrogen and oxygen atoms in total. The summed E-state index contributed by atoms with van der Waals surface area (Å²) in [5, 5.41) is 3.37. The van der Waals surface area contributed by atoms with Crippen LogP contribution in [-0.2, 0) is 11.3 Å². The molecule has 2 rings (SSSR count). The summed E-state index contributed by atoms with van der Waals surface area (Å²) in [5.41, 5.74) is 1.21. The molecule has 1 fully saturated rings. The van der Waals surface area contributed by atoms with Gasteiger partial charge in [0.25, 0.3) is 0 Å². The van der Waals surface area contributed by atoms with Crippen molar-refractivity contribution in [3.8, 4) is 0 Å². The van der Waals surface area contributed by atoms with Crippen molar-refractivity contribution in [3.05, 3.63) is 35.9 Å². The quantitative estimate of drug-likeness (QED) is 0.865. The van der Waals surface area contributed by atoms with E-state index in [4.69, 9.17) is 0 Å². The van der Waals surface area contributed by atoms with Gasteiger partial charge in [0.05, 0.1) is 0 Å². The molecule has 1 aromatic rings. The van der Waals surface area contributed by atoms with Crippen molar-refractivity contribution in [1.29, 1.82) is 0 Å². The van der Waals surface area contributed by atoms with Crippen molar-refractivity contribution in [1.82, 2.24) is 10.2 Å². The Morgan fingerprint density at radius 2 is 1.95 bits per heavy atom. The maximum atomic E-state index is 12.3. The maximum absolute atomic E-state index is 12.3. The number of rotatable bonds is 6. The average Bonchev–Trinajstić information content (AvgIpc) is 2.52. The van der Waals surface area contributed by atoms with Crippen LogP contribution in [0.25, 0.3) is 0 Å². The van der Waals surface area contributed by atoms with Crippen LogP contribution < -0.4 is 5.32 Å². The van der Waals surface area contributed by atoms with E-state index in [1.54, 1.807) is 0 Å². The molecule has 1 amide bonds. The van der Waals surface area contributed by atoms with E-state index in [1.807, 2.05) is 23.1 Å². The zero-order valence-corrected chi connectivity index (χ0v) is 12.5. The molecule has 0 unspecified atom stereocenters. The number of hydrogen-bond donors (Lipinski definition) is 1. The van der Waals surface area contributed by atoms with Gasteiger partial charge in [-0.2, -0.15) is 0 Å². The number of carbonyl (C=O) groups excluding carboxylic acids is 1. The van der Waals surface area contributed by atoms with E-state index in [0.717, 1.165) is 38.5 Å². The molecule has 0 atom stereocenters. The van der Waals surface area contributed by atoms with Crippen LogP contribution in [0, 0.1) is 5.92 Å². The highest BCUT2D eigenvalue weighted by atomic mass is 16.2. The van der Waals surface area contributed by atoms with Crippen molar-refractivity contribution in [2.45, 2.75) is 39.2 Å². The molecule has 1 N–H and O–H groups in total. The summed E-state index contributed by atoms with van der Waals surface area (Å²) in [6.45, 7) is 5.81. The average molecular weight is 274 g/mol. The smallest absolute Gasteiger partial charge is 0.222 e. The molecular formula is C17H26N2O. The van der Waals surface area contributed by atoms with Gasteiger partial charge in [-0.1, -0.05) is 30.3 Å². The Hall–Kier alpha value is -1.35. The van der Waals surface area contributed by atoms with Gasteiger partial charge in [-0.3, -0.25) is 4.79 Å². The Labute approximate surface area is 122 Å². The minimum atomic E-state index is 0.301. The summed E-state index contributed by atoms with van der Waals surface area (Å²) in [5.74, 6) is 1.03. The lowest BCUT2D eigenvalue weighted by Gasteiger charge is -2.25. The van der Waals surface area contributed by atoms with Crippen LogP contribution in [-0.4, -0.2) is 30.4 Å². The van der Waals surface area contributed by atoms with Crippen LogP contribution in [0.15, 0.2) is 30.3 Å². The highest BCUT2D eigenvalue weighted by molar-refractivity contribution is 5.76. The van der Waals surface area contributed by atoms with Gasteiger partial charge in [-0.25, -0.2) is 0 Å². The zero-order chi connectivity index (χ0) is 14.2. The topological polar surface area (TPSA) is 32.3 Å². The third-order valence-corrected chi connectivity index (χ3v) is 4.18. The van der Waals surface area contributed by atoms with E-state index < -0.39 is 0 Å². The second-order valence-electron chi connectivity index (χ2n) is 5.63. The first-order valence-electron chi connectivity index (χ1n) is 7.82. The van der Waals surface area contributed by atoms with Gasteiger partial charge in [0.15, 0.2) is 0 Å².